The lowest BCUT2D eigenvalue weighted by Gasteiger charge is -2.05. The molecule has 1 aromatic heterocycles. The molecule has 106 valence electrons. The molecule has 1 heterocycles. The second-order valence-electron chi connectivity index (χ2n) is 3.71. The van der Waals surface area contributed by atoms with E-state index in [9.17, 15) is 13.2 Å². The zero-order valence-corrected chi connectivity index (χ0v) is 13.1. The van der Waals surface area contributed by atoms with Gasteiger partial charge in [-0.25, -0.2) is 22.9 Å². The van der Waals surface area contributed by atoms with E-state index in [1.807, 2.05) is 0 Å². The monoisotopic (exact) mass is 376 g/mol. The minimum atomic E-state index is -3.64. The van der Waals surface area contributed by atoms with Gasteiger partial charge in [0.25, 0.3) is 0 Å². The van der Waals surface area contributed by atoms with Gasteiger partial charge in [-0.05, 0) is 24.3 Å². The first kappa shape index (κ1) is 15.1. The van der Waals surface area contributed by atoms with Crippen LogP contribution in [0.5, 0.6) is 0 Å². The van der Waals surface area contributed by atoms with Crippen molar-refractivity contribution >= 4 is 43.3 Å². The number of rotatable bonds is 5. The van der Waals surface area contributed by atoms with Gasteiger partial charge in [0.2, 0.25) is 10.0 Å². The quantitative estimate of drug-likeness (QED) is 0.832. The lowest BCUT2D eigenvalue weighted by Crippen LogP contribution is -2.23. The Morgan fingerprint density at radius 3 is 2.55 bits per heavy atom. The van der Waals surface area contributed by atoms with Crippen molar-refractivity contribution in [3.05, 3.63) is 44.8 Å². The van der Waals surface area contributed by atoms with Crippen LogP contribution in [0.3, 0.4) is 0 Å². The van der Waals surface area contributed by atoms with Gasteiger partial charge in [0.05, 0.1) is 11.4 Å². The number of nitrogens with one attached hydrogen (secondary N) is 1. The summed E-state index contributed by atoms with van der Waals surface area (Å²) < 4.78 is 27.1. The summed E-state index contributed by atoms with van der Waals surface area (Å²) in [5.74, 6) is -1.14. The number of nitrogens with zero attached hydrogens (tertiary/aromatic N) is 1. The van der Waals surface area contributed by atoms with Crippen LogP contribution < -0.4 is 4.72 Å². The van der Waals surface area contributed by atoms with Crippen molar-refractivity contribution in [1.29, 1.82) is 0 Å². The van der Waals surface area contributed by atoms with Gasteiger partial charge in [-0.15, -0.1) is 11.3 Å². The predicted octanol–water partition coefficient (Wildman–Crippen LogP) is 2.08. The van der Waals surface area contributed by atoms with Crippen molar-refractivity contribution in [1.82, 2.24) is 9.71 Å². The highest BCUT2D eigenvalue weighted by Gasteiger charge is 2.15. The summed E-state index contributed by atoms with van der Waals surface area (Å²) in [5, 5.41) is 10.5. The average Bonchev–Trinajstić information content (AvgIpc) is 2.86. The molecule has 2 rings (SSSR count). The summed E-state index contributed by atoms with van der Waals surface area (Å²) in [6.45, 7) is -0.0453. The molecule has 0 aliphatic carbocycles. The van der Waals surface area contributed by atoms with Crippen molar-refractivity contribution in [3.63, 3.8) is 0 Å². The van der Waals surface area contributed by atoms with Gasteiger partial charge in [0.1, 0.15) is 5.01 Å². The second-order valence-corrected chi connectivity index (χ2v) is 7.34. The first-order valence-corrected chi connectivity index (χ1v) is 8.47. The molecular weight excluding hydrogens is 368 g/mol. The smallest absolute Gasteiger partial charge is 0.355 e. The number of hydrogen-bond acceptors (Lipinski definition) is 5. The first-order chi connectivity index (χ1) is 9.38. The van der Waals surface area contributed by atoms with Crippen LogP contribution >= 0.6 is 27.3 Å². The Morgan fingerprint density at radius 1 is 1.35 bits per heavy atom. The Kier molecular flexibility index (Phi) is 4.53. The van der Waals surface area contributed by atoms with Crippen LogP contribution in [-0.2, 0) is 16.6 Å². The third-order valence-electron chi connectivity index (χ3n) is 2.31. The number of aromatic carboxylic acids is 1. The maximum absolute atomic E-state index is 12.0. The fraction of sp³-hybridized carbons (Fsp3) is 0.0909. The third-order valence-corrected chi connectivity index (χ3v) is 5.10. The van der Waals surface area contributed by atoms with Crippen LogP contribution in [0.15, 0.2) is 39.0 Å². The summed E-state index contributed by atoms with van der Waals surface area (Å²) in [7, 11) is -3.64. The van der Waals surface area contributed by atoms with Crippen LogP contribution in [0.2, 0.25) is 0 Å². The van der Waals surface area contributed by atoms with E-state index >= 15 is 0 Å². The summed E-state index contributed by atoms with van der Waals surface area (Å²) >= 11 is 4.31. The molecule has 0 saturated heterocycles. The van der Waals surface area contributed by atoms with E-state index < -0.39 is 16.0 Å². The number of halogens is 1. The van der Waals surface area contributed by atoms with E-state index in [0.29, 0.717) is 5.01 Å². The molecule has 0 atom stereocenters. The lowest BCUT2D eigenvalue weighted by molar-refractivity contribution is 0.0691. The number of carboxylic acid groups (broad SMARTS) is 1. The molecule has 0 aliphatic heterocycles. The van der Waals surface area contributed by atoms with Crippen molar-refractivity contribution in [2.24, 2.45) is 0 Å². The van der Waals surface area contributed by atoms with Gasteiger partial charge in [-0.1, -0.05) is 15.9 Å². The molecule has 2 N–H and O–H groups in total. The first-order valence-electron chi connectivity index (χ1n) is 5.31. The van der Waals surface area contributed by atoms with E-state index in [4.69, 9.17) is 5.11 Å². The molecule has 9 heteroatoms. The largest absolute Gasteiger partial charge is 0.476 e. The van der Waals surface area contributed by atoms with Crippen LogP contribution in [-0.4, -0.2) is 24.5 Å². The Morgan fingerprint density at radius 2 is 2.00 bits per heavy atom. The number of sulfonamides is 1. The molecule has 0 aliphatic rings. The van der Waals surface area contributed by atoms with Crippen molar-refractivity contribution < 1.29 is 18.3 Å². The van der Waals surface area contributed by atoms with Gasteiger partial charge in [-0.3, -0.25) is 0 Å². The molecule has 6 nitrogen and oxygen atoms in total. The van der Waals surface area contributed by atoms with Crippen molar-refractivity contribution in [3.8, 4) is 0 Å². The topological polar surface area (TPSA) is 96.4 Å². The van der Waals surface area contributed by atoms with E-state index in [1.165, 1.54) is 17.5 Å². The number of carbonyl (C=O) groups is 1. The maximum atomic E-state index is 12.0. The molecule has 0 amide bonds. The SMILES string of the molecule is O=C(O)c1csc(CNS(=O)(=O)c2ccc(Br)cc2)n1. The molecule has 0 saturated carbocycles. The van der Waals surface area contributed by atoms with E-state index in [0.717, 1.165) is 15.8 Å². The molecular formula is C11H9BrN2O4S2. The molecule has 2 aromatic rings. The molecule has 0 unspecified atom stereocenters. The van der Waals surface area contributed by atoms with Gasteiger partial charge in [0, 0.05) is 9.85 Å². The number of hydrogen-bond donors (Lipinski definition) is 2. The highest BCUT2D eigenvalue weighted by molar-refractivity contribution is 9.10. The van der Waals surface area contributed by atoms with Crippen LogP contribution in [0.1, 0.15) is 15.5 Å². The number of aromatic nitrogens is 1. The van der Waals surface area contributed by atoms with Crippen LogP contribution in [0, 0.1) is 0 Å². The Labute approximate surface area is 127 Å². The van der Waals surface area contributed by atoms with Gasteiger partial charge < -0.3 is 5.11 Å². The number of carboxylic acids is 1. The molecule has 0 radical (unpaired) electrons. The van der Waals surface area contributed by atoms with Gasteiger partial charge >= 0.3 is 5.97 Å². The molecule has 20 heavy (non-hydrogen) atoms. The van der Waals surface area contributed by atoms with Crippen molar-refractivity contribution in [2.75, 3.05) is 0 Å². The normalized spacial score (nSPS) is 11.4. The minimum absolute atomic E-state index is 0.0453. The average molecular weight is 377 g/mol. The third kappa shape index (κ3) is 3.63. The lowest BCUT2D eigenvalue weighted by atomic mass is 10.4. The van der Waals surface area contributed by atoms with Crippen molar-refractivity contribution in [2.45, 2.75) is 11.4 Å². The Hall–Kier alpha value is -1.29. The van der Waals surface area contributed by atoms with Gasteiger partial charge in [0.15, 0.2) is 5.69 Å². The number of benzene rings is 1. The predicted molar refractivity (Wildman–Crippen MR) is 77.2 cm³/mol. The fourth-order valence-corrected chi connectivity index (χ4v) is 3.40. The van der Waals surface area contributed by atoms with Crippen LogP contribution in [0.4, 0.5) is 0 Å². The van der Waals surface area contributed by atoms with Gasteiger partial charge in [-0.2, -0.15) is 0 Å². The highest BCUT2D eigenvalue weighted by atomic mass is 79.9. The summed E-state index contributed by atoms with van der Waals surface area (Å²) in [6, 6.07) is 6.19. The standard InChI is InChI=1S/C11H9BrN2O4S2/c12-7-1-3-8(4-2-7)20(17,18)13-5-10-14-9(6-19-10)11(15)16/h1-4,6,13H,5H2,(H,15,16). The minimum Gasteiger partial charge on any atom is -0.476 e. The van der Waals surface area contributed by atoms with E-state index in [-0.39, 0.29) is 17.1 Å². The molecule has 0 spiro atoms. The summed E-state index contributed by atoms with van der Waals surface area (Å²) in [5.41, 5.74) is -0.0900. The Balaban J connectivity index is 2.08. The second kappa shape index (κ2) is 6.00. The maximum Gasteiger partial charge on any atom is 0.355 e. The fourth-order valence-electron chi connectivity index (χ4n) is 1.34. The van der Waals surface area contributed by atoms with E-state index in [1.54, 1.807) is 12.1 Å². The molecule has 1 aromatic carbocycles. The molecule has 0 fully saturated rings. The van der Waals surface area contributed by atoms with Crippen LogP contribution in [0.25, 0.3) is 0 Å². The summed E-state index contributed by atoms with van der Waals surface area (Å²) in [4.78, 5) is 14.6. The molecule has 0 bridgehead atoms. The Bertz CT molecular complexity index is 725. The zero-order valence-electron chi connectivity index (χ0n) is 9.91. The highest BCUT2D eigenvalue weighted by Crippen LogP contribution is 2.15. The zero-order chi connectivity index (χ0) is 14.8. The summed E-state index contributed by atoms with van der Waals surface area (Å²) in [6.07, 6.45) is 0. The number of thiazole rings is 1. The van der Waals surface area contributed by atoms with E-state index in [2.05, 4.69) is 25.6 Å².